The predicted molar refractivity (Wildman–Crippen MR) is 87.3 cm³/mol. The van der Waals surface area contributed by atoms with Crippen molar-refractivity contribution in [3.05, 3.63) is 48.0 Å². The van der Waals surface area contributed by atoms with Crippen molar-refractivity contribution in [1.82, 2.24) is 0 Å². The second-order valence-electron chi connectivity index (χ2n) is 7.18. The fourth-order valence-electron chi connectivity index (χ4n) is 3.19. The Balaban J connectivity index is 2.29. The summed E-state index contributed by atoms with van der Waals surface area (Å²) in [5.74, 6) is 0. The Bertz CT molecular complexity index is 645. The van der Waals surface area contributed by atoms with Crippen LogP contribution in [-0.4, -0.2) is 8.07 Å². The summed E-state index contributed by atoms with van der Waals surface area (Å²) in [6.45, 7) is 11.8. The molecule has 1 heterocycles. The highest BCUT2D eigenvalue weighted by molar-refractivity contribution is 7.03. The summed E-state index contributed by atoms with van der Waals surface area (Å²) in [6.07, 6.45) is 0. The molecule has 2 aromatic carbocycles. The van der Waals surface area contributed by atoms with Crippen molar-refractivity contribution in [3.63, 3.8) is 0 Å². The van der Waals surface area contributed by atoms with Crippen LogP contribution in [0.1, 0.15) is 26.3 Å². The number of hydrogen-bond acceptors (Lipinski definition) is 0. The Morgan fingerprint density at radius 1 is 0.789 bits per heavy atom. The molecule has 0 fully saturated rings. The molecule has 1 aliphatic heterocycles. The first-order chi connectivity index (χ1) is 8.82. The quantitative estimate of drug-likeness (QED) is 0.637. The lowest BCUT2D eigenvalue weighted by Gasteiger charge is -2.22. The van der Waals surface area contributed by atoms with E-state index in [2.05, 4.69) is 76.3 Å². The summed E-state index contributed by atoms with van der Waals surface area (Å²) in [5, 5.41) is 3.19. The molecule has 1 aliphatic rings. The van der Waals surface area contributed by atoms with Crippen LogP contribution in [0.4, 0.5) is 0 Å². The van der Waals surface area contributed by atoms with Crippen LogP contribution in [0.15, 0.2) is 42.5 Å². The molecule has 0 unspecified atom stereocenters. The first kappa shape index (κ1) is 12.7. The van der Waals surface area contributed by atoms with Gasteiger partial charge in [-0.1, -0.05) is 76.3 Å². The zero-order valence-corrected chi connectivity index (χ0v) is 13.5. The van der Waals surface area contributed by atoms with Crippen molar-refractivity contribution in [1.29, 1.82) is 0 Å². The minimum Gasteiger partial charge on any atom is -0.0623 e. The highest BCUT2D eigenvalue weighted by Crippen LogP contribution is 2.32. The topological polar surface area (TPSA) is 0 Å². The summed E-state index contributed by atoms with van der Waals surface area (Å²) in [5.41, 5.74) is 4.62. The minimum atomic E-state index is -1.46. The first-order valence-corrected chi connectivity index (χ1v) is 10.1. The summed E-state index contributed by atoms with van der Waals surface area (Å²) < 4.78 is 0. The minimum absolute atomic E-state index is 0.220. The third-order valence-corrected chi connectivity index (χ3v) is 8.01. The molecule has 0 aliphatic carbocycles. The molecule has 3 rings (SSSR count). The van der Waals surface area contributed by atoms with Gasteiger partial charge in [-0.2, -0.15) is 0 Å². The van der Waals surface area contributed by atoms with E-state index in [1.54, 1.807) is 10.4 Å². The molecule has 0 atom stereocenters. The molecule has 0 N–H and O–H groups in total. The van der Waals surface area contributed by atoms with Crippen LogP contribution >= 0.6 is 0 Å². The largest absolute Gasteiger partial charge is 0.113 e. The van der Waals surface area contributed by atoms with Crippen molar-refractivity contribution in [2.24, 2.45) is 0 Å². The average Bonchev–Trinajstić information content (AvgIpc) is 2.58. The lowest BCUT2D eigenvalue weighted by molar-refractivity contribution is 0.590. The third-order valence-electron chi connectivity index (χ3n) is 4.45. The van der Waals surface area contributed by atoms with Gasteiger partial charge in [-0.05, 0) is 32.5 Å². The van der Waals surface area contributed by atoms with Crippen molar-refractivity contribution in [2.75, 3.05) is 0 Å². The van der Waals surface area contributed by atoms with Gasteiger partial charge in [0, 0.05) is 0 Å². The zero-order valence-electron chi connectivity index (χ0n) is 12.5. The van der Waals surface area contributed by atoms with Crippen LogP contribution < -0.4 is 10.4 Å². The Morgan fingerprint density at radius 2 is 1.42 bits per heavy atom. The van der Waals surface area contributed by atoms with E-state index in [0.717, 1.165) is 0 Å². The van der Waals surface area contributed by atoms with Gasteiger partial charge in [-0.25, -0.2) is 0 Å². The van der Waals surface area contributed by atoms with Crippen LogP contribution in [0.25, 0.3) is 11.1 Å². The smallest absolute Gasteiger partial charge is 0.0623 e. The molecule has 0 bridgehead atoms. The molecule has 0 saturated carbocycles. The average molecular weight is 266 g/mol. The van der Waals surface area contributed by atoms with Gasteiger partial charge >= 0.3 is 0 Å². The van der Waals surface area contributed by atoms with Crippen molar-refractivity contribution in [2.45, 2.75) is 39.3 Å². The lowest BCUT2D eigenvalue weighted by Crippen LogP contribution is -2.49. The predicted octanol–water partition coefficient (Wildman–Crippen LogP) is 3.79. The zero-order chi connectivity index (χ0) is 13.8. The Hall–Kier alpha value is -1.34. The van der Waals surface area contributed by atoms with Gasteiger partial charge in [-0.15, -0.1) is 0 Å². The molecule has 0 amide bonds. The molecule has 1 heteroatoms. The molecule has 0 nitrogen and oxygen atoms in total. The van der Waals surface area contributed by atoms with Gasteiger partial charge in [-0.3, -0.25) is 0 Å². The highest BCUT2D eigenvalue weighted by Gasteiger charge is 2.37. The van der Waals surface area contributed by atoms with Gasteiger partial charge in [0.05, 0.1) is 0 Å². The number of rotatable bonds is 0. The van der Waals surface area contributed by atoms with Crippen LogP contribution in [0.5, 0.6) is 0 Å². The molecule has 0 saturated heterocycles. The Morgan fingerprint density at radius 3 is 2.11 bits per heavy atom. The standard InChI is InChI=1S/C18H22Si/c1-18(2,3)13-10-11-17-15(12-13)14-8-6-7-9-16(14)19(17,4)5/h6-12H,1-5H3. The van der Waals surface area contributed by atoms with Gasteiger partial charge in [0.1, 0.15) is 8.07 Å². The highest BCUT2D eigenvalue weighted by atomic mass is 28.3. The number of fused-ring (bicyclic) bond motifs is 3. The van der Waals surface area contributed by atoms with Crippen molar-refractivity contribution in [3.8, 4) is 11.1 Å². The van der Waals surface area contributed by atoms with Gasteiger partial charge in [0.2, 0.25) is 0 Å². The van der Waals surface area contributed by atoms with Gasteiger partial charge < -0.3 is 0 Å². The van der Waals surface area contributed by atoms with Gasteiger partial charge in [0.25, 0.3) is 0 Å². The number of benzene rings is 2. The second kappa shape index (κ2) is 3.83. The molecular weight excluding hydrogens is 244 g/mol. The maximum atomic E-state index is 2.47. The molecular formula is C18H22Si. The van der Waals surface area contributed by atoms with Crippen molar-refractivity contribution < 1.29 is 0 Å². The molecule has 2 aromatic rings. The summed E-state index contributed by atoms with van der Waals surface area (Å²) >= 11 is 0. The van der Waals surface area contributed by atoms with Crippen molar-refractivity contribution >= 4 is 18.4 Å². The summed E-state index contributed by atoms with van der Waals surface area (Å²) in [4.78, 5) is 0. The van der Waals surface area contributed by atoms with Crippen LogP contribution in [0.2, 0.25) is 13.1 Å². The van der Waals surface area contributed by atoms with E-state index in [0.29, 0.717) is 0 Å². The molecule has 98 valence electrons. The van der Waals surface area contributed by atoms with E-state index < -0.39 is 8.07 Å². The van der Waals surface area contributed by atoms with E-state index in [1.165, 1.54) is 16.7 Å². The second-order valence-corrected chi connectivity index (χ2v) is 11.5. The Labute approximate surface area is 117 Å². The summed E-state index contributed by atoms with van der Waals surface area (Å²) in [6, 6.07) is 16.1. The van der Waals surface area contributed by atoms with Crippen LogP contribution in [-0.2, 0) is 5.41 Å². The Kier molecular flexibility index (Phi) is 2.55. The fourth-order valence-corrected chi connectivity index (χ4v) is 6.26. The molecule has 0 spiro atoms. The maximum absolute atomic E-state index is 2.47. The maximum Gasteiger partial charge on any atom is 0.113 e. The monoisotopic (exact) mass is 266 g/mol. The molecule has 19 heavy (non-hydrogen) atoms. The van der Waals surface area contributed by atoms with E-state index in [1.807, 2.05) is 0 Å². The van der Waals surface area contributed by atoms with E-state index in [4.69, 9.17) is 0 Å². The van der Waals surface area contributed by atoms with Gasteiger partial charge in [0.15, 0.2) is 0 Å². The first-order valence-electron chi connectivity index (χ1n) is 7.07. The van der Waals surface area contributed by atoms with E-state index in [9.17, 15) is 0 Å². The van der Waals surface area contributed by atoms with Crippen LogP contribution in [0.3, 0.4) is 0 Å². The lowest BCUT2D eigenvalue weighted by atomic mass is 9.85. The third kappa shape index (κ3) is 1.79. The van der Waals surface area contributed by atoms with Crippen LogP contribution in [0, 0.1) is 0 Å². The molecule has 0 aromatic heterocycles. The SMILES string of the molecule is CC(C)(C)c1ccc2c(c1)-c1ccccc1[Si]2(C)C. The fraction of sp³-hybridized carbons (Fsp3) is 0.333. The summed E-state index contributed by atoms with van der Waals surface area (Å²) in [7, 11) is -1.46. The normalized spacial score (nSPS) is 16.1. The van der Waals surface area contributed by atoms with E-state index in [-0.39, 0.29) is 5.41 Å². The van der Waals surface area contributed by atoms with E-state index >= 15 is 0 Å². The number of hydrogen-bond donors (Lipinski definition) is 0. The molecule has 0 radical (unpaired) electrons.